The minimum atomic E-state index is -3.66. The van der Waals surface area contributed by atoms with Crippen molar-refractivity contribution in [3.8, 4) is 0 Å². The van der Waals surface area contributed by atoms with Crippen LogP contribution in [-0.2, 0) is 14.8 Å². The zero-order valence-electron chi connectivity index (χ0n) is 11.1. The van der Waals surface area contributed by atoms with Crippen LogP contribution >= 0.6 is 0 Å². The lowest BCUT2D eigenvalue weighted by atomic mass is 9.97. The number of ether oxygens (including phenoxy) is 1. The van der Waals surface area contributed by atoms with Crippen LogP contribution in [0.2, 0.25) is 0 Å². The molecule has 2 rings (SSSR count). The van der Waals surface area contributed by atoms with Crippen molar-refractivity contribution < 1.29 is 13.2 Å². The minimum absolute atomic E-state index is 0.0179. The van der Waals surface area contributed by atoms with Crippen LogP contribution in [0, 0.1) is 0 Å². The van der Waals surface area contributed by atoms with E-state index in [1.54, 1.807) is 19.2 Å². The Kier molecular flexibility index (Phi) is 4.07. The van der Waals surface area contributed by atoms with Crippen LogP contribution in [0.1, 0.15) is 19.8 Å². The first-order valence-electron chi connectivity index (χ1n) is 6.21. The third kappa shape index (κ3) is 3.23. The predicted molar refractivity (Wildman–Crippen MR) is 72.6 cm³/mol. The summed E-state index contributed by atoms with van der Waals surface area (Å²) in [4.78, 5) is 3.96. The molecule has 6 nitrogen and oxygen atoms in total. The molecule has 1 atom stereocenters. The molecule has 1 unspecified atom stereocenters. The van der Waals surface area contributed by atoms with Crippen LogP contribution in [0.3, 0.4) is 0 Å². The van der Waals surface area contributed by atoms with Crippen LogP contribution in [0.5, 0.6) is 0 Å². The van der Waals surface area contributed by atoms with Gasteiger partial charge < -0.3 is 10.1 Å². The number of aromatic nitrogens is 1. The van der Waals surface area contributed by atoms with Crippen LogP contribution in [-0.4, -0.2) is 39.2 Å². The van der Waals surface area contributed by atoms with E-state index in [2.05, 4.69) is 15.0 Å². The van der Waals surface area contributed by atoms with Crippen LogP contribution in [0.4, 0.5) is 5.69 Å². The molecular formula is C12H19N3O3S. The lowest BCUT2D eigenvalue weighted by molar-refractivity contribution is 0.0386. The third-order valence-electron chi connectivity index (χ3n) is 3.11. The quantitative estimate of drug-likeness (QED) is 0.861. The molecule has 106 valence electrons. The van der Waals surface area contributed by atoms with E-state index in [1.165, 1.54) is 6.20 Å². The maximum absolute atomic E-state index is 12.4. The topological polar surface area (TPSA) is 80.3 Å². The molecule has 7 heteroatoms. The van der Waals surface area contributed by atoms with Gasteiger partial charge in [-0.1, -0.05) is 0 Å². The zero-order valence-corrected chi connectivity index (χ0v) is 12.0. The highest BCUT2D eigenvalue weighted by Gasteiger charge is 2.34. The van der Waals surface area contributed by atoms with Crippen molar-refractivity contribution in [2.24, 2.45) is 0 Å². The summed E-state index contributed by atoms with van der Waals surface area (Å²) in [6.45, 7) is 2.92. The Morgan fingerprint density at radius 1 is 1.47 bits per heavy atom. The van der Waals surface area contributed by atoms with Crippen molar-refractivity contribution in [2.75, 3.05) is 25.6 Å². The van der Waals surface area contributed by atoms with Crippen LogP contribution in [0.15, 0.2) is 23.4 Å². The van der Waals surface area contributed by atoms with Crippen molar-refractivity contribution in [1.82, 2.24) is 9.71 Å². The second-order valence-electron chi connectivity index (χ2n) is 4.93. The second kappa shape index (κ2) is 5.44. The first-order valence-corrected chi connectivity index (χ1v) is 7.70. The maximum Gasteiger partial charge on any atom is 0.260 e. The fourth-order valence-corrected chi connectivity index (χ4v) is 3.75. The Morgan fingerprint density at radius 2 is 2.26 bits per heavy atom. The van der Waals surface area contributed by atoms with Gasteiger partial charge >= 0.3 is 0 Å². The summed E-state index contributed by atoms with van der Waals surface area (Å²) in [7, 11) is -2.00. The van der Waals surface area contributed by atoms with Gasteiger partial charge in [-0.2, -0.15) is 0 Å². The lowest BCUT2D eigenvalue weighted by Gasteiger charge is -2.33. The maximum atomic E-state index is 12.4. The van der Waals surface area contributed by atoms with Gasteiger partial charge in [0, 0.05) is 19.9 Å². The summed E-state index contributed by atoms with van der Waals surface area (Å²) in [5.74, 6) is 0. The Labute approximate surface area is 113 Å². The summed E-state index contributed by atoms with van der Waals surface area (Å²) in [5.41, 5.74) is -0.0880. The second-order valence-corrected chi connectivity index (χ2v) is 6.53. The molecule has 1 saturated heterocycles. The van der Waals surface area contributed by atoms with Gasteiger partial charge in [-0.15, -0.1) is 0 Å². The average molecular weight is 285 g/mol. The molecule has 2 heterocycles. The lowest BCUT2D eigenvalue weighted by Crippen LogP contribution is -2.51. The Bertz CT molecular complexity index is 539. The predicted octanol–water partition coefficient (Wildman–Crippen LogP) is 0.971. The van der Waals surface area contributed by atoms with Gasteiger partial charge in [0.1, 0.15) is 0 Å². The normalized spacial score (nSPS) is 24.1. The Morgan fingerprint density at radius 3 is 2.89 bits per heavy atom. The van der Waals surface area contributed by atoms with Gasteiger partial charge in [-0.25, -0.2) is 18.1 Å². The largest absolute Gasteiger partial charge is 0.386 e. The molecule has 0 bridgehead atoms. The van der Waals surface area contributed by atoms with E-state index in [4.69, 9.17) is 4.74 Å². The number of rotatable bonds is 4. The molecule has 0 aromatic carbocycles. The number of hydrogen-bond acceptors (Lipinski definition) is 5. The number of nitrogens with one attached hydrogen (secondary N) is 2. The van der Waals surface area contributed by atoms with E-state index in [0.717, 1.165) is 12.8 Å². The van der Waals surface area contributed by atoms with Gasteiger partial charge in [0.15, 0.2) is 5.03 Å². The van der Waals surface area contributed by atoms with E-state index in [1.807, 2.05) is 6.92 Å². The highest BCUT2D eigenvalue weighted by Crippen LogP contribution is 2.23. The standard InChI is InChI=1S/C12H19N3O3S/c1-12(6-4-8-18-9-12)15-19(16,17)11-10(13-2)5-3-7-14-11/h3,5,7,13,15H,4,6,8-9H2,1-2H3. The zero-order chi connectivity index (χ0) is 13.9. The molecule has 2 N–H and O–H groups in total. The molecule has 1 aromatic heterocycles. The monoisotopic (exact) mass is 285 g/mol. The summed E-state index contributed by atoms with van der Waals surface area (Å²) in [5, 5.41) is 2.86. The first kappa shape index (κ1) is 14.2. The van der Waals surface area contributed by atoms with Crippen LogP contribution in [0.25, 0.3) is 0 Å². The summed E-state index contributed by atoms with van der Waals surface area (Å²) < 4.78 is 32.9. The van der Waals surface area contributed by atoms with Crippen molar-refractivity contribution in [1.29, 1.82) is 0 Å². The number of anilines is 1. The Hall–Kier alpha value is -1.18. The SMILES string of the molecule is CNc1cccnc1S(=O)(=O)NC1(C)CCCOC1. The van der Waals surface area contributed by atoms with Crippen molar-refractivity contribution >= 4 is 15.7 Å². The molecule has 0 spiro atoms. The number of nitrogens with zero attached hydrogens (tertiary/aromatic N) is 1. The van der Waals surface area contributed by atoms with Crippen molar-refractivity contribution in [3.63, 3.8) is 0 Å². The molecule has 1 aliphatic rings. The van der Waals surface area contributed by atoms with Gasteiger partial charge in [0.25, 0.3) is 10.0 Å². The molecule has 1 fully saturated rings. The molecular weight excluding hydrogens is 266 g/mol. The first-order chi connectivity index (χ1) is 8.97. The fourth-order valence-electron chi connectivity index (χ4n) is 2.18. The highest BCUT2D eigenvalue weighted by atomic mass is 32.2. The minimum Gasteiger partial charge on any atom is -0.386 e. The summed E-state index contributed by atoms with van der Waals surface area (Å²) in [6.07, 6.45) is 3.07. The number of sulfonamides is 1. The third-order valence-corrected chi connectivity index (χ3v) is 4.71. The fraction of sp³-hybridized carbons (Fsp3) is 0.583. The smallest absolute Gasteiger partial charge is 0.260 e. The van der Waals surface area contributed by atoms with E-state index in [0.29, 0.717) is 18.9 Å². The number of hydrogen-bond donors (Lipinski definition) is 2. The van der Waals surface area contributed by atoms with E-state index in [9.17, 15) is 8.42 Å². The molecule has 0 saturated carbocycles. The van der Waals surface area contributed by atoms with Crippen molar-refractivity contribution in [3.05, 3.63) is 18.3 Å². The molecule has 1 aliphatic heterocycles. The molecule has 0 amide bonds. The highest BCUT2D eigenvalue weighted by molar-refractivity contribution is 7.89. The van der Waals surface area contributed by atoms with Crippen LogP contribution < -0.4 is 10.0 Å². The summed E-state index contributed by atoms with van der Waals surface area (Å²) in [6, 6.07) is 3.37. The molecule has 1 aromatic rings. The van der Waals surface area contributed by atoms with Crippen molar-refractivity contribution in [2.45, 2.75) is 30.3 Å². The van der Waals surface area contributed by atoms with Gasteiger partial charge in [-0.3, -0.25) is 0 Å². The molecule has 0 aliphatic carbocycles. The number of pyridine rings is 1. The summed E-state index contributed by atoms with van der Waals surface area (Å²) >= 11 is 0. The van der Waals surface area contributed by atoms with E-state index in [-0.39, 0.29) is 5.03 Å². The van der Waals surface area contributed by atoms with Gasteiger partial charge in [0.2, 0.25) is 0 Å². The average Bonchev–Trinajstić information content (AvgIpc) is 2.38. The molecule has 19 heavy (non-hydrogen) atoms. The van der Waals surface area contributed by atoms with E-state index < -0.39 is 15.6 Å². The Balaban J connectivity index is 2.27. The van der Waals surface area contributed by atoms with Gasteiger partial charge in [-0.05, 0) is 31.9 Å². The van der Waals surface area contributed by atoms with E-state index >= 15 is 0 Å². The van der Waals surface area contributed by atoms with Gasteiger partial charge in [0.05, 0.1) is 17.8 Å². The molecule has 0 radical (unpaired) electrons.